The lowest BCUT2D eigenvalue weighted by molar-refractivity contribution is 0.569. The average Bonchev–Trinajstić information content (AvgIpc) is 2.98. The molecule has 0 aliphatic rings. The highest BCUT2D eigenvalue weighted by Gasteiger charge is 2.05. The SMILES string of the molecule is C[C@@H](NC(=S)NCCCn1cccn1)c1ccccc1. The van der Waals surface area contributed by atoms with E-state index < -0.39 is 0 Å². The minimum Gasteiger partial charge on any atom is -0.363 e. The number of aromatic nitrogens is 2. The number of aryl methyl sites for hydroxylation is 1. The van der Waals surface area contributed by atoms with Crippen molar-refractivity contribution in [2.24, 2.45) is 0 Å². The molecule has 0 amide bonds. The molecule has 0 spiro atoms. The molecule has 106 valence electrons. The fraction of sp³-hybridized carbons (Fsp3) is 0.333. The summed E-state index contributed by atoms with van der Waals surface area (Å²) >= 11 is 5.30. The Morgan fingerprint density at radius 2 is 2.10 bits per heavy atom. The van der Waals surface area contributed by atoms with Gasteiger partial charge >= 0.3 is 0 Å². The summed E-state index contributed by atoms with van der Waals surface area (Å²) in [7, 11) is 0. The third-order valence-electron chi connectivity index (χ3n) is 3.06. The van der Waals surface area contributed by atoms with Crippen molar-refractivity contribution in [3.8, 4) is 0 Å². The van der Waals surface area contributed by atoms with E-state index in [-0.39, 0.29) is 6.04 Å². The quantitative estimate of drug-likeness (QED) is 0.633. The van der Waals surface area contributed by atoms with Crippen molar-refractivity contribution in [2.45, 2.75) is 25.9 Å². The Morgan fingerprint density at radius 1 is 1.30 bits per heavy atom. The molecule has 0 aliphatic carbocycles. The van der Waals surface area contributed by atoms with Gasteiger partial charge in [-0.2, -0.15) is 5.10 Å². The zero-order valence-electron chi connectivity index (χ0n) is 11.6. The third-order valence-corrected chi connectivity index (χ3v) is 3.32. The van der Waals surface area contributed by atoms with Crippen molar-refractivity contribution >= 4 is 17.3 Å². The molecule has 2 aromatic rings. The zero-order valence-corrected chi connectivity index (χ0v) is 12.4. The molecule has 0 unspecified atom stereocenters. The molecule has 0 saturated carbocycles. The van der Waals surface area contributed by atoms with Gasteiger partial charge < -0.3 is 10.6 Å². The molecule has 2 N–H and O–H groups in total. The van der Waals surface area contributed by atoms with E-state index in [1.807, 2.05) is 35.1 Å². The number of hydrogen-bond acceptors (Lipinski definition) is 2. The predicted molar refractivity (Wildman–Crippen MR) is 85.4 cm³/mol. The molecule has 0 radical (unpaired) electrons. The Balaban J connectivity index is 1.65. The average molecular weight is 288 g/mol. The summed E-state index contributed by atoms with van der Waals surface area (Å²) < 4.78 is 1.92. The largest absolute Gasteiger partial charge is 0.363 e. The van der Waals surface area contributed by atoms with E-state index in [0.29, 0.717) is 5.11 Å². The van der Waals surface area contributed by atoms with Crippen LogP contribution in [0.5, 0.6) is 0 Å². The lowest BCUT2D eigenvalue weighted by atomic mass is 10.1. The molecule has 0 bridgehead atoms. The summed E-state index contributed by atoms with van der Waals surface area (Å²) in [5.74, 6) is 0. The fourth-order valence-electron chi connectivity index (χ4n) is 1.95. The normalized spacial score (nSPS) is 11.8. The molecule has 5 heteroatoms. The summed E-state index contributed by atoms with van der Waals surface area (Å²) in [6.45, 7) is 3.84. The lowest BCUT2D eigenvalue weighted by Gasteiger charge is -2.17. The van der Waals surface area contributed by atoms with E-state index in [0.717, 1.165) is 19.5 Å². The molecule has 1 atom stereocenters. The van der Waals surface area contributed by atoms with Crippen LogP contribution in [0.3, 0.4) is 0 Å². The van der Waals surface area contributed by atoms with Crippen LogP contribution in [0.2, 0.25) is 0 Å². The predicted octanol–water partition coefficient (Wildman–Crippen LogP) is 2.50. The van der Waals surface area contributed by atoms with Gasteiger partial charge in [0, 0.05) is 25.5 Å². The Bertz CT molecular complexity index is 510. The summed E-state index contributed by atoms with van der Waals surface area (Å²) in [6.07, 6.45) is 4.75. The van der Waals surface area contributed by atoms with Gasteiger partial charge in [-0.15, -0.1) is 0 Å². The first kappa shape index (κ1) is 14.5. The molecule has 1 heterocycles. The van der Waals surface area contributed by atoms with Gasteiger partial charge in [0.25, 0.3) is 0 Å². The maximum atomic E-state index is 5.30. The van der Waals surface area contributed by atoms with Crippen LogP contribution in [0.15, 0.2) is 48.8 Å². The Labute approximate surface area is 125 Å². The van der Waals surface area contributed by atoms with Crippen LogP contribution >= 0.6 is 12.2 Å². The maximum Gasteiger partial charge on any atom is 0.166 e. The monoisotopic (exact) mass is 288 g/mol. The molecule has 2 rings (SSSR count). The number of thiocarbonyl (C=S) groups is 1. The van der Waals surface area contributed by atoms with Gasteiger partial charge in [-0.3, -0.25) is 4.68 Å². The van der Waals surface area contributed by atoms with Gasteiger partial charge in [-0.1, -0.05) is 30.3 Å². The van der Waals surface area contributed by atoms with E-state index in [2.05, 4.69) is 34.8 Å². The molecule has 1 aromatic heterocycles. The van der Waals surface area contributed by atoms with Gasteiger partial charge in [-0.05, 0) is 37.2 Å². The summed E-state index contributed by atoms with van der Waals surface area (Å²) in [5, 5.41) is 11.4. The topological polar surface area (TPSA) is 41.9 Å². The smallest absolute Gasteiger partial charge is 0.166 e. The molecule has 0 saturated heterocycles. The van der Waals surface area contributed by atoms with Crippen molar-refractivity contribution in [3.63, 3.8) is 0 Å². The highest BCUT2D eigenvalue weighted by atomic mass is 32.1. The number of nitrogens with zero attached hydrogens (tertiary/aromatic N) is 2. The molecular weight excluding hydrogens is 268 g/mol. The first-order valence-electron chi connectivity index (χ1n) is 6.82. The Morgan fingerprint density at radius 3 is 2.80 bits per heavy atom. The first-order chi connectivity index (χ1) is 9.75. The fourth-order valence-corrected chi connectivity index (χ4v) is 2.23. The van der Waals surface area contributed by atoms with Gasteiger partial charge in [0.05, 0.1) is 6.04 Å². The first-order valence-corrected chi connectivity index (χ1v) is 7.23. The molecule has 4 nitrogen and oxygen atoms in total. The highest BCUT2D eigenvalue weighted by molar-refractivity contribution is 7.80. The minimum atomic E-state index is 0.210. The van der Waals surface area contributed by atoms with Crippen LogP contribution in [-0.2, 0) is 6.54 Å². The molecule has 1 aromatic carbocycles. The van der Waals surface area contributed by atoms with Crippen LogP contribution in [0.1, 0.15) is 24.9 Å². The summed E-state index contributed by atoms with van der Waals surface area (Å²) in [4.78, 5) is 0. The van der Waals surface area contributed by atoms with Crippen LogP contribution in [0, 0.1) is 0 Å². The van der Waals surface area contributed by atoms with E-state index >= 15 is 0 Å². The van der Waals surface area contributed by atoms with E-state index in [9.17, 15) is 0 Å². The zero-order chi connectivity index (χ0) is 14.2. The molecule has 20 heavy (non-hydrogen) atoms. The Hall–Kier alpha value is -1.88. The van der Waals surface area contributed by atoms with Crippen molar-refractivity contribution in [1.82, 2.24) is 20.4 Å². The van der Waals surface area contributed by atoms with Gasteiger partial charge in [0.2, 0.25) is 0 Å². The van der Waals surface area contributed by atoms with Gasteiger partial charge in [0.15, 0.2) is 5.11 Å². The van der Waals surface area contributed by atoms with Crippen molar-refractivity contribution in [2.75, 3.05) is 6.54 Å². The van der Waals surface area contributed by atoms with Gasteiger partial charge in [-0.25, -0.2) is 0 Å². The maximum absolute atomic E-state index is 5.30. The van der Waals surface area contributed by atoms with E-state index in [1.54, 1.807) is 6.20 Å². The molecule has 0 aliphatic heterocycles. The second kappa shape index (κ2) is 7.65. The van der Waals surface area contributed by atoms with E-state index in [4.69, 9.17) is 12.2 Å². The number of nitrogens with one attached hydrogen (secondary N) is 2. The van der Waals surface area contributed by atoms with Crippen LogP contribution in [-0.4, -0.2) is 21.4 Å². The van der Waals surface area contributed by atoms with Crippen LogP contribution in [0.25, 0.3) is 0 Å². The molecular formula is C15H20N4S. The minimum absolute atomic E-state index is 0.210. The summed E-state index contributed by atoms with van der Waals surface area (Å²) in [6, 6.07) is 12.4. The number of hydrogen-bond donors (Lipinski definition) is 2. The second-order valence-corrected chi connectivity index (χ2v) is 5.06. The van der Waals surface area contributed by atoms with Crippen LogP contribution in [0.4, 0.5) is 0 Å². The van der Waals surface area contributed by atoms with Gasteiger partial charge in [0.1, 0.15) is 0 Å². The molecule has 0 fully saturated rings. The standard InChI is InChI=1S/C15H20N4S/c1-13(14-7-3-2-4-8-14)18-15(20)16-9-5-11-19-12-6-10-17-19/h2-4,6-8,10,12-13H,5,9,11H2,1H3,(H2,16,18,20)/t13-/m1/s1. The number of rotatable bonds is 6. The van der Waals surface area contributed by atoms with Crippen LogP contribution < -0.4 is 10.6 Å². The third kappa shape index (κ3) is 4.66. The van der Waals surface area contributed by atoms with Crippen molar-refractivity contribution < 1.29 is 0 Å². The van der Waals surface area contributed by atoms with Crippen molar-refractivity contribution in [1.29, 1.82) is 0 Å². The highest BCUT2D eigenvalue weighted by Crippen LogP contribution is 2.10. The van der Waals surface area contributed by atoms with Crippen molar-refractivity contribution in [3.05, 3.63) is 54.4 Å². The van der Waals surface area contributed by atoms with E-state index in [1.165, 1.54) is 5.56 Å². The number of benzene rings is 1. The lowest BCUT2D eigenvalue weighted by Crippen LogP contribution is -2.37. The second-order valence-electron chi connectivity index (χ2n) is 4.66. The Kier molecular flexibility index (Phi) is 5.55. The summed E-state index contributed by atoms with van der Waals surface area (Å²) in [5.41, 5.74) is 1.23.